The maximum Gasteiger partial charge on any atom is 0.258 e. The van der Waals surface area contributed by atoms with Crippen LogP contribution < -0.4 is 10.1 Å². The Bertz CT molecular complexity index is 1480. The Kier molecular flexibility index (Phi) is 6.26. The van der Waals surface area contributed by atoms with E-state index in [1.807, 2.05) is 84.4 Å². The highest BCUT2D eigenvalue weighted by Gasteiger charge is 2.19. The van der Waals surface area contributed by atoms with Crippen LogP contribution in [-0.2, 0) is 11.3 Å². The molecule has 6 heteroatoms. The highest BCUT2D eigenvalue weighted by Crippen LogP contribution is 2.33. The van der Waals surface area contributed by atoms with E-state index in [0.717, 1.165) is 39.0 Å². The van der Waals surface area contributed by atoms with Crippen LogP contribution in [0.1, 0.15) is 16.7 Å². The predicted octanol–water partition coefficient (Wildman–Crippen LogP) is 5.40. The molecule has 0 radical (unpaired) electrons. The van der Waals surface area contributed by atoms with Gasteiger partial charge in [0.05, 0.1) is 11.1 Å². The van der Waals surface area contributed by atoms with Crippen molar-refractivity contribution in [2.24, 2.45) is 0 Å². The lowest BCUT2D eigenvalue weighted by molar-refractivity contribution is -0.123. The number of nitrogens with zero attached hydrogens (tertiary/aromatic N) is 3. The van der Waals surface area contributed by atoms with E-state index in [9.17, 15) is 4.79 Å². The van der Waals surface area contributed by atoms with Gasteiger partial charge in [0.25, 0.3) is 5.91 Å². The molecule has 35 heavy (non-hydrogen) atoms. The fraction of sp³-hybridized carbons (Fsp3) is 0.138. The minimum atomic E-state index is -0.203. The minimum Gasteiger partial charge on any atom is -0.468 e. The van der Waals surface area contributed by atoms with Crippen molar-refractivity contribution in [3.05, 3.63) is 108 Å². The molecule has 0 saturated carbocycles. The summed E-state index contributed by atoms with van der Waals surface area (Å²) in [5, 5.41) is 8.79. The summed E-state index contributed by atoms with van der Waals surface area (Å²) < 4.78 is 7.64. The number of benzene rings is 3. The molecule has 0 fully saturated rings. The normalized spacial score (nSPS) is 10.9. The van der Waals surface area contributed by atoms with Crippen LogP contribution in [0.25, 0.3) is 28.0 Å². The summed E-state index contributed by atoms with van der Waals surface area (Å²) in [6.45, 7) is 4.42. The number of rotatable bonds is 7. The van der Waals surface area contributed by atoms with Gasteiger partial charge in [-0.2, -0.15) is 10.1 Å². The highest BCUT2D eigenvalue weighted by atomic mass is 16.5. The number of carbonyl (C=O) groups excluding carboxylic acids is 1. The third kappa shape index (κ3) is 4.92. The molecular formula is C29H26N4O2. The van der Waals surface area contributed by atoms with E-state index in [1.54, 1.807) is 0 Å². The molecule has 174 valence electrons. The Labute approximate surface area is 204 Å². The molecule has 1 N–H and O–H groups in total. The summed E-state index contributed by atoms with van der Waals surface area (Å²) in [4.78, 5) is 17.1. The van der Waals surface area contributed by atoms with Crippen LogP contribution in [0.15, 0.2) is 91.0 Å². The largest absolute Gasteiger partial charge is 0.468 e. The van der Waals surface area contributed by atoms with Crippen LogP contribution in [0.5, 0.6) is 5.88 Å². The smallest absolute Gasteiger partial charge is 0.258 e. The Hall–Kier alpha value is -4.45. The van der Waals surface area contributed by atoms with Gasteiger partial charge in [0.15, 0.2) is 12.3 Å². The Morgan fingerprint density at radius 3 is 2.40 bits per heavy atom. The average molecular weight is 463 g/mol. The maximum atomic E-state index is 12.4. The summed E-state index contributed by atoms with van der Waals surface area (Å²) in [7, 11) is 0. The number of aryl methyl sites for hydroxylation is 2. The number of hydrogen-bond donors (Lipinski definition) is 1. The maximum absolute atomic E-state index is 12.4. The Morgan fingerprint density at radius 1 is 0.914 bits per heavy atom. The van der Waals surface area contributed by atoms with Crippen molar-refractivity contribution in [3.8, 4) is 22.8 Å². The molecule has 0 saturated heterocycles. The monoisotopic (exact) mass is 462 g/mol. The van der Waals surface area contributed by atoms with Crippen LogP contribution in [-0.4, -0.2) is 27.3 Å². The third-order valence-corrected chi connectivity index (χ3v) is 5.79. The number of nitrogens with one attached hydrogen (secondary N) is 1. The molecule has 1 amide bonds. The van der Waals surface area contributed by atoms with Crippen molar-refractivity contribution in [1.82, 2.24) is 20.1 Å². The molecule has 2 heterocycles. The number of aromatic nitrogens is 3. The van der Waals surface area contributed by atoms with Crippen LogP contribution in [0, 0.1) is 13.8 Å². The van der Waals surface area contributed by atoms with Crippen molar-refractivity contribution in [1.29, 1.82) is 0 Å². The van der Waals surface area contributed by atoms with E-state index in [0.29, 0.717) is 18.1 Å². The quantitative estimate of drug-likeness (QED) is 0.352. The molecule has 5 rings (SSSR count). The molecule has 6 nitrogen and oxygen atoms in total. The first-order chi connectivity index (χ1) is 17.1. The second kappa shape index (κ2) is 9.81. The number of fused-ring (bicyclic) bond motifs is 1. The van der Waals surface area contributed by atoms with Gasteiger partial charge < -0.3 is 10.1 Å². The standard InChI is InChI=1S/C29H26N4O2/c1-20-10-9-13-23(16-20)28-27-21(2)17-26(31-29(27)33(32-28)24-14-7-4-8-15-24)35-19-25(34)30-18-22-11-5-3-6-12-22/h3-17H,18-19H2,1-2H3,(H,30,34). The molecule has 0 aliphatic carbocycles. The zero-order valence-electron chi connectivity index (χ0n) is 19.7. The number of pyridine rings is 1. The van der Waals surface area contributed by atoms with Gasteiger partial charge in [0.1, 0.15) is 5.69 Å². The first-order valence-corrected chi connectivity index (χ1v) is 11.5. The molecule has 0 unspecified atom stereocenters. The summed E-state index contributed by atoms with van der Waals surface area (Å²) in [5.41, 5.74) is 6.67. The van der Waals surface area contributed by atoms with Crippen LogP contribution >= 0.6 is 0 Å². The SMILES string of the molecule is Cc1cccc(-c2nn(-c3ccccc3)c3nc(OCC(=O)NCc4ccccc4)cc(C)c23)c1. The second-order valence-corrected chi connectivity index (χ2v) is 8.49. The molecule has 0 bridgehead atoms. The zero-order valence-corrected chi connectivity index (χ0v) is 19.7. The van der Waals surface area contributed by atoms with E-state index in [2.05, 4.69) is 30.4 Å². The number of hydrogen-bond acceptors (Lipinski definition) is 4. The van der Waals surface area contributed by atoms with Gasteiger partial charge in [0, 0.05) is 18.2 Å². The fourth-order valence-corrected chi connectivity index (χ4v) is 4.07. The minimum absolute atomic E-state index is 0.116. The lowest BCUT2D eigenvalue weighted by atomic mass is 10.0. The van der Waals surface area contributed by atoms with Gasteiger partial charge in [-0.25, -0.2) is 4.68 Å². The molecule has 2 aromatic heterocycles. The van der Waals surface area contributed by atoms with Crippen LogP contribution in [0.2, 0.25) is 0 Å². The van der Waals surface area contributed by atoms with E-state index >= 15 is 0 Å². The average Bonchev–Trinajstić information content (AvgIpc) is 3.28. The molecular weight excluding hydrogens is 436 g/mol. The van der Waals surface area contributed by atoms with E-state index in [4.69, 9.17) is 14.8 Å². The fourth-order valence-electron chi connectivity index (χ4n) is 4.07. The zero-order chi connectivity index (χ0) is 24.2. The summed E-state index contributed by atoms with van der Waals surface area (Å²) >= 11 is 0. The van der Waals surface area contributed by atoms with Crippen LogP contribution in [0.3, 0.4) is 0 Å². The lowest BCUT2D eigenvalue weighted by Gasteiger charge is -2.09. The summed E-state index contributed by atoms with van der Waals surface area (Å²) in [6.07, 6.45) is 0. The van der Waals surface area contributed by atoms with E-state index < -0.39 is 0 Å². The van der Waals surface area contributed by atoms with Crippen molar-refractivity contribution in [3.63, 3.8) is 0 Å². The van der Waals surface area contributed by atoms with Crippen LogP contribution in [0.4, 0.5) is 0 Å². The third-order valence-electron chi connectivity index (χ3n) is 5.79. The second-order valence-electron chi connectivity index (χ2n) is 8.49. The topological polar surface area (TPSA) is 69.0 Å². The van der Waals surface area contributed by atoms with Crippen molar-refractivity contribution in [2.45, 2.75) is 20.4 Å². The highest BCUT2D eigenvalue weighted by molar-refractivity contribution is 5.95. The molecule has 0 atom stereocenters. The van der Waals surface area contributed by atoms with Gasteiger partial charge >= 0.3 is 0 Å². The lowest BCUT2D eigenvalue weighted by Crippen LogP contribution is -2.28. The predicted molar refractivity (Wildman–Crippen MR) is 138 cm³/mol. The first kappa shape index (κ1) is 22.3. The van der Waals surface area contributed by atoms with Gasteiger partial charge in [-0.1, -0.05) is 72.3 Å². The first-order valence-electron chi connectivity index (χ1n) is 11.5. The van der Waals surface area contributed by atoms with Crippen molar-refractivity contribution in [2.75, 3.05) is 6.61 Å². The van der Waals surface area contributed by atoms with Gasteiger partial charge in [0.2, 0.25) is 5.88 Å². The number of carbonyl (C=O) groups is 1. The molecule has 0 aliphatic heterocycles. The van der Waals surface area contributed by atoms with Gasteiger partial charge in [-0.15, -0.1) is 0 Å². The van der Waals surface area contributed by atoms with Gasteiger partial charge in [-0.3, -0.25) is 4.79 Å². The number of amides is 1. The van der Waals surface area contributed by atoms with Crippen molar-refractivity contribution < 1.29 is 9.53 Å². The Balaban J connectivity index is 1.46. The molecule has 3 aromatic carbocycles. The van der Waals surface area contributed by atoms with E-state index in [-0.39, 0.29) is 12.5 Å². The van der Waals surface area contributed by atoms with Gasteiger partial charge in [-0.05, 0) is 43.2 Å². The molecule has 5 aromatic rings. The summed E-state index contributed by atoms with van der Waals surface area (Å²) in [5.74, 6) is 0.183. The summed E-state index contributed by atoms with van der Waals surface area (Å²) in [6, 6.07) is 29.8. The number of ether oxygens (including phenoxy) is 1. The van der Waals surface area contributed by atoms with Crippen molar-refractivity contribution >= 4 is 16.9 Å². The Morgan fingerprint density at radius 2 is 1.66 bits per heavy atom. The van der Waals surface area contributed by atoms with E-state index in [1.165, 1.54) is 0 Å². The molecule has 0 spiro atoms. The molecule has 0 aliphatic rings. The number of para-hydroxylation sites is 1.